The van der Waals surface area contributed by atoms with Crippen molar-refractivity contribution < 1.29 is 17.6 Å². The van der Waals surface area contributed by atoms with E-state index in [1.807, 2.05) is 0 Å². The summed E-state index contributed by atoms with van der Waals surface area (Å²) in [7, 11) is -3.11. The van der Waals surface area contributed by atoms with Crippen LogP contribution in [-0.2, 0) is 15.6 Å². The molecule has 0 fully saturated rings. The van der Waals surface area contributed by atoms with Crippen LogP contribution in [0.15, 0.2) is 48.5 Å². The van der Waals surface area contributed by atoms with E-state index >= 15 is 0 Å². The Morgan fingerprint density at radius 3 is 2.38 bits per heavy atom. The fraction of sp³-hybridized carbons (Fsp3) is 0.133. The van der Waals surface area contributed by atoms with Gasteiger partial charge in [0.25, 0.3) is 5.91 Å². The molecule has 1 N–H and O–H groups in total. The number of carbonyl (C=O) groups is 1. The molecule has 21 heavy (non-hydrogen) atoms. The second-order valence-electron chi connectivity index (χ2n) is 4.73. The highest BCUT2D eigenvalue weighted by molar-refractivity contribution is 7.89. The maximum Gasteiger partial charge on any atom is 0.255 e. The SMILES string of the molecule is CS(=O)(=O)Cc1ccc(C(=O)Nc2cccc(F)c2)cc1. The molecule has 0 heterocycles. The summed E-state index contributed by atoms with van der Waals surface area (Å²) in [6.07, 6.45) is 1.15. The third-order valence-electron chi connectivity index (χ3n) is 2.73. The lowest BCUT2D eigenvalue weighted by molar-refractivity contribution is 0.102. The molecule has 0 radical (unpaired) electrons. The molecule has 6 heteroatoms. The minimum absolute atomic E-state index is 0.0706. The maximum atomic E-state index is 13.0. The predicted molar refractivity (Wildman–Crippen MR) is 79.3 cm³/mol. The van der Waals surface area contributed by atoms with Crippen molar-refractivity contribution in [1.82, 2.24) is 0 Å². The number of hydrogen-bond donors (Lipinski definition) is 1. The highest BCUT2D eigenvalue weighted by atomic mass is 32.2. The molecule has 4 nitrogen and oxygen atoms in total. The Morgan fingerprint density at radius 1 is 1.14 bits per heavy atom. The van der Waals surface area contributed by atoms with Gasteiger partial charge in [-0.05, 0) is 35.9 Å². The third-order valence-corrected chi connectivity index (χ3v) is 3.59. The topological polar surface area (TPSA) is 63.2 Å². The van der Waals surface area contributed by atoms with Crippen LogP contribution >= 0.6 is 0 Å². The summed E-state index contributed by atoms with van der Waals surface area (Å²) in [5, 5.41) is 2.57. The number of nitrogens with one attached hydrogen (secondary N) is 1. The quantitative estimate of drug-likeness (QED) is 0.944. The summed E-state index contributed by atoms with van der Waals surface area (Å²) in [5.41, 5.74) is 1.34. The van der Waals surface area contributed by atoms with Crippen molar-refractivity contribution in [1.29, 1.82) is 0 Å². The number of amides is 1. The number of benzene rings is 2. The van der Waals surface area contributed by atoms with Crippen LogP contribution in [0, 0.1) is 5.82 Å². The van der Waals surface area contributed by atoms with Crippen LogP contribution < -0.4 is 5.32 Å². The van der Waals surface area contributed by atoms with E-state index in [0.717, 1.165) is 6.26 Å². The first-order chi connectivity index (χ1) is 9.83. The van der Waals surface area contributed by atoms with Gasteiger partial charge in [-0.1, -0.05) is 18.2 Å². The molecule has 0 unspecified atom stereocenters. The van der Waals surface area contributed by atoms with Crippen molar-refractivity contribution in [3.63, 3.8) is 0 Å². The Bertz CT molecular complexity index is 755. The van der Waals surface area contributed by atoms with E-state index in [-0.39, 0.29) is 11.7 Å². The number of sulfone groups is 1. The van der Waals surface area contributed by atoms with Crippen molar-refractivity contribution in [2.45, 2.75) is 5.75 Å². The first-order valence-electron chi connectivity index (χ1n) is 6.17. The van der Waals surface area contributed by atoms with Crippen LogP contribution in [0.1, 0.15) is 15.9 Å². The van der Waals surface area contributed by atoms with Gasteiger partial charge in [0, 0.05) is 17.5 Å². The van der Waals surface area contributed by atoms with Crippen LogP contribution in [0.5, 0.6) is 0 Å². The zero-order chi connectivity index (χ0) is 15.5. The molecule has 0 aliphatic carbocycles. The van der Waals surface area contributed by atoms with Gasteiger partial charge in [0.15, 0.2) is 9.84 Å². The zero-order valence-corrected chi connectivity index (χ0v) is 12.2. The molecule has 2 aromatic rings. The summed E-state index contributed by atoms with van der Waals surface area (Å²) < 4.78 is 35.4. The molecule has 0 saturated heterocycles. The molecule has 2 rings (SSSR count). The average molecular weight is 307 g/mol. The van der Waals surface area contributed by atoms with E-state index in [4.69, 9.17) is 0 Å². The number of rotatable bonds is 4. The Hall–Kier alpha value is -2.21. The fourth-order valence-electron chi connectivity index (χ4n) is 1.82. The van der Waals surface area contributed by atoms with Gasteiger partial charge in [-0.2, -0.15) is 0 Å². The molecule has 2 aromatic carbocycles. The lowest BCUT2D eigenvalue weighted by Crippen LogP contribution is -2.12. The van der Waals surface area contributed by atoms with Crippen LogP contribution in [-0.4, -0.2) is 20.6 Å². The molecule has 0 aliphatic rings. The van der Waals surface area contributed by atoms with Gasteiger partial charge in [-0.25, -0.2) is 12.8 Å². The van der Waals surface area contributed by atoms with E-state index < -0.39 is 15.7 Å². The predicted octanol–water partition coefficient (Wildman–Crippen LogP) is 2.62. The number of carbonyl (C=O) groups excluding carboxylic acids is 1. The normalized spacial score (nSPS) is 11.1. The molecular weight excluding hydrogens is 293 g/mol. The smallest absolute Gasteiger partial charge is 0.255 e. The summed E-state index contributed by atoms with van der Waals surface area (Å²) >= 11 is 0. The maximum absolute atomic E-state index is 13.0. The average Bonchev–Trinajstić information content (AvgIpc) is 2.37. The van der Waals surface area contributed by atoms with Crippen LogP contribution in [0.2, 0.25) is 0 Å². The monoisotopic (exact) mass is 307 g/mol. The number of hydrogen-bond acceptors (Lipinski definition) is 3. The van der Waals surface area contributed by atoms with E-state index in [9.17, 15) is 17.6 Å². The van der Waals surface area contributed by atoms with Gasteiger partial charge in [-0.3, -0.25) is 4.79 Å². The molecule has 0 atom stereocenters. The van der Waals surface area contributed by atoms with E-state index in [0.29, 0.717) is 16.8 Å². The first kappa shape index (κ1) is 15.2. The van der Waals surface area contributed by atoms with E-state index in [1.54, 1.807) is 18.2 Å². The molecular formula is C15H14FNO3S. The lowest BCUT2D eigenvalue weighted by atomic mass is 10.1. The van der Waals surface area contributed by atoms with Crippen molar-refractivity contribution >= 4 is 21.4 Å². The van der Waals surface area contributed by atoms with Gasteiger partial charge in [-0.15, -0.1) is 0 Å². The van der Waals surface area contributed by atoms with Crippen molar-refractivity contribution in [2.75, 3.05) is 11.6 Å². The molecule has 0 aromatic heterocycles. The highest BCUT2D eigenvalue weighted by Gasteiger charge is 2.08. The van der Waals surface area contributed by atoms with Crippen LogP contribution in [0.3, 0.4) is 0 Å². The summed E-state index contributed by atoms with van der Waals surface area (Å²) in [6.45, 7) is 0. The third kappa shape index (κ3) is 4.68. The Kier molecular flexibility index (Phi) is 4.37. The van der Waals surface area contributed by atoms with Gasteiger partial charge >= 0.3 is 0 Å². The van der Waals surface area contributed by atoms with Gasteiger partial charge in [0.2, 0.25) is 0 Å². The van der Waals surface area contributed by atoms with Crippen LogP contribution in [0.4, 0.5) is 10.1 Å². The first-order valence-corrected chi connectivity index (χ1v) is 8.23. The van der Waals surface area contributed by atoms with Gasteiger partial charge in [0.05, 0.1) is 5.75 Å². The second kappa shape index (κ2) is 6.05. The second-order valence-corrected chi connectivity index (χ2v) is 6.87. The fourth-order valence-corrected chi connectivity index (χ4v) is 2.62. The molecule has 1 amide bonds. The van der Waals surface area contributed by atoms with E-state index in [1.165, 1.54) is 30.3 Å². The summed E-state index contributed by atoms with van der Waals surface area (Å²) in [4.78, 5) is 12.0. The Balaban J connectivity index is 2.10. The van der Waals surface area contributed by atoms with Gasteiger partial charge in [0.1, 0.15) is 5.82 Å². The highest BCUT2D eigenvalue weighted by Crippen LogP contribution is 2.12. The molecule has 0 saturated carbocycles. The standard InChI is InChI=1S/C15H14FNO3S/c1-21(19,20)10-11-5-7-12(8-6-11)15(18)17-14-4-2-3-13(16)9-14/h2-9H,10H2,1H3,(H,17,18). The van der Waals surface area contributed by atoms with Crippen molar-refractivity contribution in [3.8, 4) is 0 Å². The number of anilines is 1. The Morgan fingerprint density at radius 2 is 1.81 bits per heavy atom. The largest absolute Gasteiger partial charge is 0.322 e. The van der Waals surface area contributed by atoms with Crippen molar-refractivity contribution in [3.05, 3.63) is 65.5 Å². The molecule has 0 spiro atoms. The number of halogens is 1. The Labute approximate surface area is 122 Å². The zero-order valence-electron chi connectivity index (χ0n) is 11.3. The van der Waals surface area contributed by atoms with Crippen LogP contribution in [0.25, 0.3) is 0 Å². The molecule has 0 aliphatic heterocycles. The lowest BCUT2D eigenvalue weighted by Gasteiger charge is -2.06. The molecule has 110 valence electrons. The van der Waals surface area contributed by atoms with Gasteiger partial charge < -0.3 is 5.32 Å². The minimum Gasteiger partial charge on any atom is -0.322 e. The van der Waals surface area contributed by atoms with Crippen molar-refractivity contribution in [2.24, 2.45) is 0 Å². The summed E-state index contributed by atoms with van der Waals surface area (Å²) in [5.74, 6) is -0.887. The minimum atomic E-state index is -3.11. The van der Waals surface area contributed by atoms with E-state index in [2.05, 4.69) is 5.32 Å². The molecule has 0 bridgehead atoms. The summed E-state index contributed by atoms with van der Waals surface area (Å²) in [6, 6.07) is 11.8.